The zero-order valence-corrected chi connectivity index (χ0v) is 15.1. The highest BCUT2D eigenvalue weighted by atomic mass is 35.5. The number of pyridine rings is 1. The van der Waals surface area contributed by atoms with Crippen molar-refractivity contribution in [1.29, 1.82) is 0 Å². The summed E-state index contributed by atoms with van der Waals surface area (Å²) in [6.07, 6.45) is 3.25. The number of carbonyl (C=O) groups is 2. The van der Waals surface area contributed by atoms with Gasteiger partial charge in [-0.25, -0.2) is 4.79 Å². The van der Waals surface area contributed by atoms with Gasteiger partial charge in [0.2, 0.25) is 0 Å². The summed E-state index contributed by atoms with van der Waals surface area (Å²) in [5, 5.41) is 2.96. The minimum Gasteiger partial charge on any atom is -0.465 e. The van der Waals surface area contributed by atoms with E-state index in [0.717, 1.165) is 0 Å². The third-order valence-electron chi connectivity index (χ3n) is 3.62. The molecule has 6 nitrogen and oxygen atoms in total. The van der Waals surface area contributed by atoms with E-state index in [1.807, 2.05) is 0 Å². The Hall–Kier alpha value is -3.38. The topological polar surface area (TPSA) is 77.5 Å². The number of aromatic nitrogens is 1. The van der Waals surface area contributed by atoms with E-state index < -0.39 is 5.97 Å². The van der Waals surface area contributed by atoms with Crippen LogP contribution in [0.3, 0.4) is 0 Å². The lowest BCUT2D eigenvalue weighted by Gasteiger charge is -2.09. The molecule has 1 aromatic heterocycles. The molecule has 0 atom stereocenters. The van der Waals surface area contributed by atoms with E-state index in [-0.39, 0.29) is 16.5 Å². The van der Waals surface area contributed by atoms with Gasteiger partial charge < -0.3 is 14.8 Å². The van der Waals surface area contributed by atoms with Crippen LogP contribution in [0.1, 0.15) is 20.7 Å². The number of methoxy groups -OCH3 is 1. The van der Waals surface area contributed by atoms with Gasteiger partial charge in [0.05, 0.1) is 23.9 Å². The van der Waals surface area contributed by atoms with Crippen molar-refractivity contribution >= 4 is 29.2 Å². The van der Waals surface area contributed by atoms with Crippen molar-refractivity contribution in [1.82, 2.24) is 4.98 Å². The highest BCUT2D eigenvalue weighted by Gasteiger charge is 2.13. The Kier molecular flexibility index (Phi) is 5.68. The monoisotopic (exact) mass is 382 g/mol. The summed E-state index contributed by atoms with van der Waals surface area (Å²) in [5.41, 5.74) is 1.04. The third-order valence-corrected chi connectivity index (χ3v) is 3.95. The van der Waals surface area contributed by atoms with E-state index in [4.69, 9.17) is 16.3 Å². The summed E-state index contributed by atoms with van der Waals surface area (Å²) in [6, 6.07) is 14.8. The fourth-order valence-electron chi connectivity index (χ4n) is 2.29. The molecule has 1 amide bonds. The molecule has 1 heterocycles. The molecule has 136 valence electrons. The number of anilines is 1. The van der Waals surface area contributed by atoms with Crippen LogP contribution in [0.5, 0.6) is 11.5 Å². The molecule has 0 saturated carbocycles. The first-order valence-corrected chi connectivity index (χ1v) is 8.32. The van der Waals surface area contributed by atoms with Crippen molar-refractivity contribution in [2.45, 2.75) is 0 Å². The fourth-order valence-corrected chi connectivity index (χ4v) is 2.49. The van der Waals surface area contributed by atoms with E-state index in [9.17, 15) is 9.59 Å². The summed E-state index contributed by atoms with van der Waals surface area (Å²) in [4.78, 5) is 28.1. The van der Waals surface area contributed by atoms with Crippen LogP contribution in [0, 0.1) is 0 Å². The largest absolute Gasteiger partial charge is 0.465 e. The quantitative estimate of drug-likeness (QED) is 0.654. The van der Waals surface area contributed by atoms with Crippen molar-refractivity contribution in [3.05, 3.63) is 83.1 Å². The molecule has 0 saturated heterocycles. The molecule has 0 radical (unpaired) electrons. The Morgan fingerprint density at radius 2 is 1.81 bits per heavy atom. The molecule has 0 fully saturated rings. The molecule has 3 rings (SSSR count). The molecule has 0 bridgehead atoms. The summed E-state index contributed by atoms with van der Waals surface area (Å²) >= 11 is 5.98. The van der Waals surface area contributed by atoms with Gasteiger partial charge in [0.1, 0.15) is 11.5 Å². The summed E-state index contributed by atoms with van der Waals surface area (Å²) in [5.74, 6) is 0.277. The molecule has 1 N–H and O–H groups in total. The van der Waals surface area contributed by atoms with Crippen LogP contribution in [0.4, 0.5) is 5.69 Å². The van der Waals surface area contributed by atoms with Crippen molar-refractivity contribution in [3.8, 4) is 11.5 Å². The minimum absolute atomic E-state index is 0.178. The Balaban J connectivity index is 1.70. The van der Waals surface area contributed by atoms with Gasteiger partial charge in [0, 0.05) is 17.4 Å². The lowest BCUT2D eigenvalue weighted by Crippen LogP contribution is -2.12. The Morgan fingerprint density at radius 1 is 1.04 bits per heavy atom. The van der Waals surface area contributed by atoms with Crippen LogP contribution >= 0.6 is 11.6 Å². The first kappa shape index (κ1) is 18.4. The Labute approximate surface area is 160 Å². The maximum absolute atomic E-state index is 12.4. The van der Waals surface area contributed by atoms with Gasteiger partial charge in [0.25, 0.3) is 5.91 Å². The van der Waals surface area contributed by atoms with Crippen LogP contribution in [0.2, 0.25) is 5.02 Å². The van der Waals surface area contributed by atoms with E-state index in [2.05, 4.69) is 15.0 Å². The average molecular weight is 383 g/mol. The van der Waals surface area contributed by atoms with Crippen LogP contribution in [0.15, 0.2) is 67.0 Å². The number of nitrogens with zero attached hydrogens (tertiary/aromatic N) is 1. The maximum atomic E-state index is 12.4. The Bertz CT molecular complexity index is 959. The van der Waals surface area contributed by atoms with Gasteiger partial charge in [-0.05, 0) is 54.6 Å². The number of benzene rings is 2. The molecule has 0 aliphatic heterocycles. The van der Waals surface area contributed by atoms with Crippen molar-refractivity contribution in [2.24, 2.45) is 0 Å². The highest BCUT2D eigenvalue weighted by Crippen LogP contribution is 2.23. The normalized spacial score (nSPS) is 10.1. The standard InChI is InChI=1S/C20H15ClN2O4/c1-26-20(25)17-11-14(6-9-18(17)21)23-19(24)13-4-7-15(8-5-13)27-16-3-2-10-22-12-16/h2-12H,1H3,(H,23,24). The number of hydrogen-bond acceptors (Lipinski definition) is 5. The predicted octanol–water partition coefficient (Wildman–Crippen LogP) is 4.57. The lowest BCUT2D eigenvalue weighted by atomic mass is 10.1. The van der Waals surface area contributed by atoms with Crippen LogP contribution in [0.25, 0.3) is 0 Å². The number of amides is 1. The molecule has 27 heavy (non-hydrogen) atoms. The fraction of sp³-hybridized carbons (Fsp3) is 0.0500. The van der Waals surface area contributed by atoms with Crippen LogP contribution < -0.4 is 10.1 Å². The molecule has 3 aromatic rings. The number of nitrogens with one attached hydrogen (secondary N) is 1. The zero-order valence-electron chi connectivity index (χ0n) is 14.3. The number of ether oxygens (including phenoxy) is 2. The molecule has 7 heteroatoms. The first-order valence-electron chi connectivity index (χ1n) is 7.94. The van der Waals surface area contributed by atoms with Gasteiger partial charge in [-0.15, -0.1) is 0 Å². The van der Waals surface area contributed by atoms with Gasteiger partial charge in [-0.2, -0.15) is 0 Å². The van der Waals surface area contributed by atoms with Gasteiger partial charge in [0.15, 0.2) is 0 Å². The molecule has 2 aromatic carbocycles. The molecular formula is C20H15ClN2O4. The zero-order chi connectivity index (χ0) is 19.2. The molecule has 0 aliphatic carbocycles. The number of carbonyl (C=O) groups excluding carboxylic acids is 2. The van der Waals surface area contributed by atoms with E-state index in [1.165, 1.54) is 19.2 Å². The van der Waals surface area contributed by atoms with Gasteiger partial charge in [-0.1, -0.05) is 11.6 Å². The third kappa shape index (κ3) is 4.62. The Morgan fingerprint density at radius 3 is 2.48 bits per heavy atom. The van der Waals surface area contributed by atoms with E-state index in [1.54, 1.807) is 54.9 Å². The van der Waals surface area contributed by atoms with Crippen molar-refractivity contribution in [2.75, 3.05) is 12.4 Å². The smallest absolute Gasteiger partial charge is 0.339 e. The van der Waals surface area contributed by atoms with Crippen molar-refractivity contribution in [3.63, 3.8) is 0 Å². The van der Waals surface area contributed by atoms with Gasteiger partial charge >= 0.3 is 5.97 Å². The number of halogens is 1. The minimum atomic E-state index is -0.576. The van der Waals surface area contributed by atoms with E-state index in [0.29, 0.717) is 22.7 Å². The summed E-state index contributed by atoms with van der Waals surface area (Å²) in [7, 11) is 1.26. The predicted molar refractivity (Wildman–Crippen MR) is 101 cm³/mol. The SMILES string of the molecule is COC(=O)c1cc(NC(=O)c2ccc(Oc3cccnc3)cc2)ccc1Cl. The van der Waals surface area contributed by atoms with Crippen molar-refractivity contribution < 1.29 is 19.1 Å². The first-order chi connectivity index (χ1) is 13.1. The van der Waals surface area contributed by atoms with Crippen LogP contribution in [-0.2, 0) is 4.74 Å². The van der Waals surface area contributed by atoms with Gasteiger partial charge in [-0.3, -0.25) is 9.78 Å². The molecule has 0 aliphatic rings. The summed E-state index contributed by atoms with van der Waals surface area (Å²) < 4.78 is 10.3. The summed E-state index contributed by atoms with van der Waals surface area (Å²) in [6.45, 7) is 0. The average Bonchev–Trinajstić information content (AvgIpc) is 2.70. The molecular weight excluding hydrogens is 368 g/mol. The maximum Gasteiger partial charge on any atom is 0.339 e. The second kappa shape index (κ2) is 8.33. The molecule has 0 unspecified atom stereocenters. The van der Waals surface area contributed by atoms with Crippen LogP contribution in [-0.4, -0.2) is 24.0 Å². The van der Waals surface area contributed by atoms with E-state index >= 15 is 0 Å². The second-order valence-electron chi connectivity index (χ2n) is 5.46. The second-order valence-corrected chi connectivity index (χ2v) is 5.86. The number of hydrogen-bond donors (Lipinski definition) is 1. The lowest BCUT2D eigenvalue weighted by molar-refractivity contribution is 0.0600. The molecule has 0 spiro atoms. The number of esters is 1. The number of rotatable bonds is 5. The highest BCUT2D eigenvalue weighted by molar-refractivity contribution is 6.33.